The number of sulfonamides is 1. The highest BCUT2D eigenvalue weighted by molar-refractivity contribution is 7.91. The van der Waals surface area contributed by atoms with Crippen molar-refractivity contribution in [2.24, 2.45) is 17.8 Å². The molecule has 1 saturated heterocycles. The maximum absolute atomic E-state index is 15.0. The lowest BCUT2D eigenvalue weighted by Crippen LogP contribution is -2.60. The molecule has 2 aromatic heterocycles. The Bertz CT molecular complexity index is 2390. The number of nitrogens with zero attached hydrogens (tertiary/aromatic N) is 3. The molecule has 2 saturated carbocycles. The van der Waals surface area contributed by atoms with Gasteiger partial charge in [0.15, 0.2) is 12.2 Å². The minimum atomic E-state index is -4.93. The van der Waals surface area contributed by atoms with Crippen molar-refractivity contribution in [1.29, 1.82) is 0 Å². The van der Waals surface area contributed by atoms with Crippen LogP contribution in [0.4, 0.5) is 18.0 Å². The minimum absolute atomic E-state index is 0.0516. The van der Waals surface area contributed by atoms with E-state index in [0.717, 1.165) is 0 Å². The SMILES string of the molecule is CC[C@@H]1C[C@H](C)CC/C=C\C2C[C@@]2(C(=O)NS(=O)(=O)C2(C)CC2)NC(=O)[C@@H]2C[C@@H](Oc3ncc(-c4cnco4)c4cc(OC)ccc34)CN2C(=O)[C@H]1NC(=O)OC(C)(C)C(F)(F)F. The average molecular weight is 903 g/mol. The van der Waals surface area contributed by atoms with Gasteiger partial charge in [0.1, 0.15) is 29.5 Å². The fourth-order valence-electron chi connectivity index (χ4n) is 8.38. The van der Waals surface area contributed by atoms with Gasteiger partial charge in [-0.05, 0) is 89.3 Å². The van der Waals surface area contributed by atoms with E-state index in [0.29, 0.717) is 80.2 Å². The number of alkyl carbamates (subject to hydrolysis) is 1. The molecule has 4 amide bonds. The second-order valence-electron chi connectivity index (χ2n) is 17.9. The Balaban J connectivity index is 1.26. The molecule has 2 aliphatic heterocycles. The number of methoxy groups -OCH3 is 1. The van der Waals surface area contributed by atoms with Crippen LogP contribution in [0.5, 0.6) is 11.6 Å². The Morgan fingerprint density at radius 2 is 1.86 bits per heavy atom. The molecule has 1 unspecified atom stereocenters. The number of ether oxygens (including phenoxy) is 3. The number of nitrogens with one attached hydrogen (secondary N) is 3. The van der Waals surface area contributed by atoms with E-state index in [2.05, 4.69) is 25.3 Å². The van der Waals surface area contributed by atoms with Gasteiger partial charge in [-0.2, -0.15) is 13.2 Å². The van der Waals surface area contributed by atoms with E-state index in [-0.39, 0.29) is 31.2 Å². The predicted octanol–water partition coefficient (Wildman–Crippen LogP) is 5.96. The maximum Gasteiger partial charge on any atom is 0.427 e. The topological polar surface area (TPSA) is 208 Å². The Morgan fingerprint density at radius 3 is 2.51 bits per heavy atom. The second kappa shape index (κ2) is 17.0. The molecular weight excluding hydrogens is 850 g/mol. The van der Waals surface area contributed by atoms with E-state index in [1.165, 1.54) is 37.7 Å². The third kappa shape index (κ3) is 9.18. The number of hydrogen-bond donors (Lipinski definition) is 3. The minimum Gasteiger partial charge on any atom is -0.497 e. The highest BCUT2D eigenvalue weighted by Gasteiger charge is 2.63. The molecule has 4 heterocycles. The van der Waals surface area contributed by atoms with Gasteiger partial charge in [0, 0.05) is 34.9 Å². The molecule has 3 aromatic rings. The van der Waals surface area contributed by atoms with Crippen molar-refractivity contribution < 1.29 is 59.4 Å². The van der Waals surface area contributed by atoms with Crippen molar-refractivity contribution in [1.82, 2.24) is 30.2 Å². The molecule has 7 atom stereocenters. The van der Waals surface area contributed by atoms with E-state index >= 15 is 4.79 Å². The van der Waals surface area contributed by atoms with Crippen LogP contribution in [0.2, 0.25) is 0 Å². The molecule has 4 aliphatic rings. The van der Waals surface area contributed by atoms with Crippen LogP contribution in [0.15, 0.2) is 53.6 Å². The number of allylic oxidation sites excluding steroid dienone is 1. The van der Waals surface area contributed by atoms with Crippen molar-refractivity contribution in [3.63, 3.8) is 0 Å². The number of oxazole rings is 1. The average Bonchev–Trinajstić information content (AvgIpc) is 3.98. The third-order valence-electron chi connectivity index (χ3n) is 12.9. The number of aromatic nitrogens is 2. The lowest BCUT2D eigenvalue weighted by Gasteiger charge is -2.35. The molecule has 63 heavy (non-hydrogen) atoms. The Kier molecular flexibility index (Phi) is 12.3. The molecular formula is C43H53F3N6O10S. The second-order valence-corrected chi connectivity index (χ2v) is 20.1. The van der Waals surface area contributed by atoms with Crippen LogP contribution in [0, 0.1) is 17.8 Å². The van der Waals surface area contributed by atoms with Crippen molar-refractivity contribution in [3.05, 3.63) is 49.1 Å². The van der Waals surface area contributed by atoms with Gasteiger partial charge in [-0.15, -0.1) is 0 Å². The zero-order valence-corrected chi connectivity index (χ0v) is 36.7. The maximum atomic E-state index is 15.0. The number of carbonyl (C=O) groups excluding carboxylic acids is 4. The van der Waals surface area contributed by atoms with Gasteiger partial charge < -0.3 is 34.2 Å². The van der Waals surface area contributed by atoms with Crippen LogP contribution in [-0.4, -0.2) is 101 Å². The molecule has 20 heteroatoms. The summed E-state index contributed by atoms with van der Waals surface area (Å²) in [7, 11) is -2.59. The number of benzene rings is 1. The quantitative estimate of drug-likeness (QED) is 0.202. The molecule has 2 aliphatic carbocycles. The van der Waals surface area contributed by atoms with Crippen molar-refractivity contribution in [2.75, 3.05) is 13.7 Å². The normalized spacial score (nSPS) is 28.0. The van der Waals surface area contributed by atoms with Gasteiger partial charge in [-0.1, -0.05) is 32.4 Å². The Labute approximate surface area is 363 Å². The largest absolute Gasteiger partial charge is 0.497 e. The van der Waals surface area contributed by atoms with Crippen LogP contribution in [0.3, 0.4) is 0 Å². The van der Waals surface area contributed by atoms with Gasteiger partial charge in [0.05, 0.1) is 24.6 Å². The zero-order valence-electron chi connectivity index (χ0n) is 35.9. The van der Waals surface area contributed by atoms with Crippen molar-refractivity contribution >= 4 is 44.6 Å². The number of halogens is 3. The van der Waals surface area contributed by atoms with E-state index < -0.39 is 85.9 Å². The van der Waals surface area contributed by atoms with Gasteiger partial charge in [-0.25, -0.2) is 23.2 Å². The van der Waals surface area contributed by atoms with Gasteiger partial charge in [0.25, 0.3) is 5.91 Å². The molecule has 7 rings (SSSR count). The smallest absolute Gasteiger partial charge is 0.427 e. The molecule has 3 fully saturated rings. The van der Waals surface area contributed by atoms with E-state index in [9.17, 15) is 36.0 Å². The zero-order chi connectivity index (χ0) is 45.7. The third-order valence-corrected chi connectivity index (χ3v) is 15.1. The molecule has 16 nitrogen and oxygen atoms in total. The van der Waals surface area contributed by atoms with Crippen LogP contribution in [0.25, 0.3) is 22.1 Å². The van der Waals surface area contributed by atoms with Gasteiger partial charge in [-0.3, -0.25) is 19.1 Å². The number of pyridine rings is 1. The Morgan fingerprint density at radius 1 is 1.11 bits per heavy atom. The molecule has 0 spiro atoms. The molecule has 3 N–H and O–H groups in total. The fourth-order valence-corrected chi connectivity index (χ4v) is 9.69. The first kappa shape index (κ1) is 45.6. The number of amides is 4. The first-order valence-electron chi connectivity index (χ1n) is 21.1. The molecule has 1 aromatic carbocycles. The van der Waals surface area contributed by atoms with Gasteiger partial charge >= 0.3 is 12.3 Å². The van der Waals surface area contributed by atoms with Crippen molar-refractivity contribution in [3.8, 4) is 23.0 Å². The highest BCUT2D eigenvalue weighted by Crippen LogP contribution is 2.48. The van der Waals surface area contributed by atoms with E-state index in [4.69, 9.17) is 18.6 Å². The summed E-state index contributed by atoms with van der Waals surface area (Å²) in [5.41, 5.74) is -4.00. The number of fused-ring (bicyclic) bond motifs is 3. The number of alkyl halides is 3. The standard InChI is InChI=1S/C43H53F3N6O10S/c1-7-25-16-24(2)10-8-9-11-26-19-42(26,38(55)51-63(57,58)41(5)14-15-41)50-35(53)32-18-28(22-52(32)37(54)34(25)49-39(56)62-40(3,4)43(44,45)46)61-36-29-13-12-27(59-6)17-30(29)31(20-48-36)33-21-47-23-60-33/h9,11-13,17,20-21,23-26,28,32,34H,7-8,10,14-16,18-19,22H2,1-6H3,(H,49,56)(H,50,53)(H,51,55)/b11-9-/t24-,25-,26?,28-,32+,34+,42-/m1/s1. The number of rotatable bonds is 10. The highest BCUT2D eigenvalue weighted by atomic mass is 32.2. The van der Waals surface area contributed by atoms with Crippen LogP contribution in [-0.2, 0) is 29.1 Å². The number of hydrogen-bond acceptors (Lipinski definition) is 12. The Hall–Kier alpha value is -5.40. The van der Waals surface area contributed by atoms with E-state index in [1.807, 2.05) is 13.0 Å². The van der Waals surface area contributed by atoms with E-state index in [1.54, 1.807) is 31.2 Å². The monoisotopic (exact) mass is 902 g/mol. The summed E-state index contributed by atoms with van der Waals surface area (Å²) in [6.45, 7) is 6.42. The summed E-state index contributed by atoms with van der Waals surface area (Å²) in [5, 5.41) is 6.39. The van der Waals surface area contributed by atoms with Crippen LogP contribution >= 0.6 is 0 Å². The summed E-state index contributed by atoms with van der Waals surface area (Å²) < 4.78 is 91.6. The first-order valence-corrected chi connectivity index (χ1v) is 22.5. The fraction of sp³-hybridized carbons (Fsp3) is 0.581. The van der Waals surface area contributed by atoms with Crippen molar-refractivity contribution in [2.45, 2.75) is 126 Å². The summed E-state index contributed by atoms with van der Waals surface area (Å²) in [6.07, 6.45) is 3.13. The summed E-state index contributed by atoms with van der Waals surface area (Å²) in [6, 6.07) is 2.37. The molecule has 342 valence electrons. The predicted molar refractivity (Wildman–Crippen MR) is 221 cm³/mol. The van der Waals surface area contributed by atoms with Crippen LogP contribution in [0.1, 0.15) is 86.0 Å². The first-order chi connectivity index (χ1) is 29.6. The number of carbonyl (C=O) groups is 4. The molecule has 0 radical (unpaired) electrons. The lowest BCUT2D eigenvalue weighted by molar-refractivity contribution is -0.244. The van der Waals surface area contributed by atoms with Gasteiger partial charge in [0.2, 0.25) is 33.3 Å². The lowest BCUT2D eigenvalue weighted by atomic mass is 9.85. The summed E-state index contributed by atoms with van der Waals surface area (Å²) in [4.78, 5) is 66.9. The molecule has 0 bridgehead atoms. The summed E-state index contributed by atoms with van der Waals surface area (Å²) >= 11 is 0. The van der Waals surface area contributed by atoms with Crippen LogP contribution < -0.4 is 24.8 Å². The summed E-state index contributed by atoms with van der Waals surface area (Å²) in [5.74, 6) is -2.65.